The fourth-order valence-corrected chi connectivity index (χ4v) is 2.84. The molecule has 1 aliphatic rings. The molecule has 1 saturated carbocycles. The zero-order valence-electron chi connectivity index (χ0n) is 12.1. The van der Waals surface area contributed by atoms with E-state index in [4.69, 9.17) is 0 Å². The molecule has 1 amide bonds. The van der Waals surface area contributed by atoms with Gasteiger partial charge in [-0.1, -0.05) is 13.3 Å². The van der Waals surface area contributed by atoms with Gasteiger partial charge in [-0.3, -0.25) is 4.79 Å². The van der Waals surface area contributed by atoms with Crippen molar-refractivity contribution >= 4 is 5.91 Å². The smallest absolute Gasteiger partial charge is 0.256 e. The molecule has 0 spiro atoms. The highest BCUT2D eigenvalue weighted by molar-refractivity contribution is 5.97. The van der Waals surface area contributed by atoms with E-state index in [9.17, 15) is 20.3 Å². The number of phenols is 2. The summed E-state index contributed by atoms with van der Waals surface area (Å²) in [5, 5.41) is 31.2. The first kappa shape index (κ1) is 15.2. The van der Waals surface area contributed by atoms with Crippen LogP contribution in [0.3, 0.4) is 0 Å². The summed E-state index contributed by atoms with van der Waals surface area (Å²) >= 11 is 0. The Morgan fingerprint density at radius 3 is 2.62 bits per heavy atom. The van der Waals surface area contributed by atoms with E-state index in [2.05, 4.69) is 18.3 Å². The van der Waals surface area contributed by atoms with Gasteiger partial charge in [-0.05, 0) is 43.7 Å². The van der Waals surface area contributed by atoms with Crippen molar-refractivity contribution < 1.29 is 15.0 Å². The summed E-state index contributed by atoms with van der Waals surface area (Å²) in [6.07, 6.45) is 4.20. The minimum absolute atomic E-state index is 0.0695. The number of phenolic OH excluding ortho intramolecular Hbond substituents is 2. The van der Waals surface area contributed by atoms with Crippen LogP contribution in [0.1, 0.15) is 49.4 Å². The van der Waals surface area contributed by atoms with Gasteiger partial charge < -0.3 is 15.5 Å². The summed E-state index contributed by atoms with van der Waals surface area (Å²) in [6, 6.07) is 6.03. The maximum atomic E-state index is 12.3. The van der Waals surface area contributed by atoms with Crippen LogP contribution in [0.4, 0.5) is 0 Å². The number of nitrogens with one attached hydrogen (secondary N) is 1. The summed E-state index contributed by atoms with van der Waals surface area (Å²) < 4.78 is 0. The molecule has 0 bridgehead atoms. The third-order valence-corrected chi connectivity index (χ3v) is 4.33. The van der Waals surface area contributed by atoms with Crippen LogP contribution in [0.15, 0.2) is 18.2 Å². The average molecular weight is 288 g/mol. The van der Waals surface area contributed by atoms with Crippen molar-refractivity contribution in [1.29, 1.82) is 5.26 Å². The number of hydrogen-bond donors (Lipinski definition) is 3. The Morgan fingerprint density at radius 1 is 1.43 bits per heavy atom. The Labute approximate surface area is 124 Å². The Bertz CT molecular complexity index is 569. The molecule has 0 heterocycles. The van der Waals surface area contributed by atoms with Gasteiger partial charge in [-0.2, -0.15) is 5.26 Å². The molecular weight excluding hydrogens is 268 g/mol. The molecule has 5 heteroatoms. The first-order valence-electron chi connectivity index (χ1n) is 7.25. The molecule has 0 aromatic heterocycles. The van der Waals surface area contributed by atoms with Gasteiger partial charge in [0.1, 0.15) is 17.0 Å². The molecule has 1 aliphatic carbocycles. The molecule has 3 N–H and O–H groups in total. The maximum absolute atomic E-state index is 12.3. The zero-order chi connectivity index (χ0) is 15.5. The minimum atomic E-state index is -0.854. The van der Waals surface area contributed by atoms with Crippen molar-refractivity contribution in [3.05, 3.63) is 23.8 Å². The molecule has 1 aromatic carbocycles. The lowest BCUT2D eigenvalue weighted by molar-refractivity contribution is 0.0888. The topological polar surface area (TPSA) is 93.4 Å². The zero-order valence-corrected chi connectivity index (χ0v) is 12.1. The number of aromatic hydroxyl groups is 2. The van der Waals surface area contributed by atoms with Crippen LogP contribution in [-0.4, -0.2) is 21.7 Å². The van der Waals surface area contributed by atoms with Crippen LogP contribution in [0.5, 0.6) is 11.5 Å². The van der Waals surface area contributed by atoms with E-state index < -0.39 is 11.4 Å². The number of amides is 1. The molecule has 0 saturated heterocycles. The number of benzene rings is 1. The number of nitrogens with zero attached hydrogens (tertiary/aromatic N) is 1. The molecule has 0 aliphatic heterocycles. The van der Waals surface area contributed by atoms with Gasteiger partial charge in [-0.25, -0.2) is 0 Å². The molecule has 1 fully saturated rings. The van der Waals surface area contributed by atoms with Crippen molar-refractivity contribution in [3.8, 4) is 17.6 Å². The second-order valence-corrected chi connectivity index (χ2v) is 5.70. The van der Waals surface area contributed by atoms with Gasteiger partial charge >= 0.3 is 0 Å². The van der Waals surface area contributed by atoms with Crippen molar-refractivity contribution in [2.24, 2.45) is 5.92 Å². The highest BCUT2D eigenvalue weighted by atomic mass is 16.3. The first-order valence-corrected chi connectivity index (χ1v) is 7.25. The van der Waals surface area contributed by atoms with Gasteiger partial charge in [0.05, 0.1) is 11.6 Å². The standard InChI is InChI=1S/C16H20N2O3/c1-2-11-5-7-16(10-17,8-6-11)18-15(21)13-4-3-12(19)9-14(13)20/h3-4,9,11,19-20H,2,5-8H2,1H3,(H,18,21). The number of rotatable bonds is 3. The molecule has 0 atom stereocenters. The van der Waals surface area contributed by atoms with Gasteiger partial charge in [-0.15, -0.1) is 0 Å². The SMILES string of the molecule is CCC1CCC(C#N)(NC(=O)c2ccc(O)cc2O)CC1. The summed E-state index contributed by atoms with van der Waals surface area (Å²) in [5.41, 5.74) is -0.785. The van der Waals surface area contributed by atoms with Crippen LogP contribution in [0, 0.1) is 17.2 Å². The predicted molar refractivity (Wildman–Crippen MR) is 77.8 cm³/mol. The largest absolute Gasteiger partial charge is 0.508 e. The summed E-state index contributed by atoms with van der Waals surface area (Å²) in [6.45, 7) is 2.14. The second kappa shape index (κ2) is 6.04. The number of carbonyl (C=O) groups is 1. The highest BCUT2D eigenvalue weighted by Gasteiger charge is 2.36. The number of nitriles is 1. The van der Waals surface area contributed by atoms with Crippen LogP contribution in [0.25, 0.3) is 0 Å². The third kappa shape index (κ3) is 3.27. The van der Waals surface area contributed by atoms with E-state index in [1.165, 1.54) is 12.1 Å². The van der Waals surface area contributed by atoms with Gasteiger partial charge in [0.15, 0.2) is 0 Å². The van der Waals surface area contributed by atoms with E-state index >= 15 is 0 Å². The van der Waals surface area contributed by atoms with E-state index in [0.29, 0.717) is 18.8 Å². The van der Waals surface area contributed by atoms with Gasteiger partial charge in [0.25, 0.3) is 5.91 Å². The normalized spacial score (nSPS) is 25.0. The number of carbonyl (C=O) groups excluding carboxylic acids is 1. The van der Waals surface area contributed by atoms with Gasteiger partial charge in [0, 0.05) is 6.07 Å². The summed E-state index contributed by atoms with van der Waals surface area (Å²) in [7, 11) is 0. The third-order valence-electron chi connectivity index (χ3n) is 4.33. The Kier molecular flexibility index (Phi) is 4.37. The molecular formula is C16H20N2O3. The minimum Gasteiger partial charge on any atom is -0.508 e. The lowest BCUT2D eigenvalue weighted by Crippen LogP contribution is -2.49. The number of hydrogen-bond acceptors (Lipinski definition) is 4. The molecule has 1 aromatic rings. The van der Waals surface area contributed by atoms with E-state index in [1.807, 2.05) is 0 Å². The quantitative estimate of drug-likeness (QED) is 0.797. The average Bonchev–Trinajstić information content (AvgIpc) is 2.47. The second-order valence-electron chi connectivity index (χ2n) is 5.70. The van der Waals surface area contributed by atoms with Crippen LogP contribution >= 0.6 is 0 Å². The van der Waals surface area contributed by atoms with Crippen LogP contribution in [0.2, 0.25) is 0 Å². The summed E-state index contributed by atoms with van der Waals surface area (Å²) in [5.74, 6) is -0.264. The van der Waals surface area contributed by atoms with Crippen LogP contribution < -0.4 is 5.32 Å². The highest BCUT2D eigenvalue weighted by Crippen LogP contribution is 2.34. The summed E-state index contributed by atoms with van der Waals surface area (Å²) in [4.78, 5) is 12.3. The van der Waals surface area contributed by atoms with Crippen molar-refractivity contribution in [2.45, 2.75) is 44.6 Å². The van der Waals surface area contributed by atoms with Crippen LogP contribution in [-0.2, 0) is 0 Å². The lowest BCUT2D eigenvalue weighted by atomic mass is 9.76. The molecule has 2 rings (SSSR count). The molecule has 5 nitrogen and oxygen atoms in total. The van der Waals surface area contributed by atoms with Crippen molar-refractivity contribution in [3.63, 3.8) is 0 Å². The first-order chi connectivity index (χ1) is 9.99. The Hall–Kier alpha value is -2.22. The molecule has 112 valence electrons. The predicted octanol–water partition coefficient (Wildman–Crippen LogP) is 2.69. The van der Waals surface area contributed by atoms with E-state index in [1.54, 1.807) is 0 Å². The Balaban J connectivity index is 2.12. The molecule has 0 radical (unpaired) electrons. The van der Waals surface area contributed by atoms with E-state index in [-0.39, 0.29) is 17.1 Å². The fourth-order valence-electron chi connectivity index (χ4n) is 2.84. The fraction of sp³-hybridized carbons (Fsp3) is 0.500. The van der Waals surface area contributed by atoms with Gasteiger partial charge in [0.2, 0.25) is 0 Å². The maximum Gasteiger partial charge on any atom is 0.256 e. The van der Waals surface area contributed by atoms with Crippen molar-refractivity contribution in [1.82, 2.24) is 5.32 Å². The molecule has 0 unspecified atom stereocenters. The monoisotopic (exact) mass is 288 g/mol. The van der Waals surface area contributed by atoms with Crippen molar-refractivity contribution in [2.75, 3.05) is 0 Å². The Morgan fingerprint density at radius 2 is 2.10 bits per heavy atom. The van der Waals surface area contributed by atoms with E-state index in [0.717, 1.165) is 25.3 Å². The lowest BCUT2D eigenvalue weighted by Gasteiger charge is -2.35. The molecule has 21 heavy (non-hydrogen) atoms.